The van der Waals surface area contributed by atoms with E-state index in [0.29, 0.717) is 0 Å². The smallest absolute Gasteiger partial charge is 0.0577 e. The third kappa shape index (κ3) is 8.25. The summed E-state index contributed by atoms with van der Waals surface area (Å²) in [5.41, 5.74) is 1.24. The quantitative estimate of drug-likeness (QED) is 0.514. The van der Waals surface area contributed by atoms with Crippen LogP contribution in [0.5, 0.6) is 0 Å². The monoisotopic (exact) mass is 200 g/mol. The Morgan fingerprint density at radius 1 is 1.38 bits per heavy atom. The first-order valence-corrected chi connectivity index (χ1v) is 8.90. The second-order valence-electron chi connectivity index (χ2n) is 5.13. The molecule has 0 saturated heterocycles. The topological polar surface area (TPSA) is 20.2 Å². The second-order valence-corrected chi connectivity index (χ2v) is 10.6. The average Bonchev–Trinajstić information content (AvgIpc) is 1.81. The van der Waals surface area contributed by atoms with Crippen molar-refractivity contribution in [1.82, 2.24) is 0 Å². The van der Waals surface area contributed by atoms with Gasteiger partial charge in [-0.2, -0.15) is 0 Å². The molecule has 2 heteroatoms. The zero-order valence-corrected chi connectivity index (χ0v) is 10.6. The highest BCUT2D eigenvalue weighted by molar-refractivity contribution is 6.76. The van der Waals surface area contributed by atoms with Crippen molar-refractivity contribution >= 4 is 8.07 Å². The molecular weight excluding hydrogens is 176 g/mol. The van der Waals surface area contributed by atoms with Gasteiger partial charge in [-0.25, -0.2) is 0 Å². The predicted molar refractivity (Wildman–Crippen MR) is 62.8 cm³/mol. The number of rotatable bonds is 6. The molecule has 0 aliphatic rings. The Bertz CT molecular complexity index is 158. The predicted octanol–water partition coefficient (Wildman–Crippen LogP) is 3.43. The standard InChI is InChI=1S/C11H24OSi/c1-6-7-11(12)8-10(2)9-13(3,4)5/h11-12H,2,6-9H2,1,3-5H3. The summed E-state index contributed by atoms with van der Waals surface area (Å²) in [6.07, 6.45) is 2.61. The summed E-state index contributed by atoms with van der Waals surface area (Å²) >= 11 is 0. The van der Waals surface area contributed by atoms with Crippen LogP contribution in [-0.4, -0.2) is 19.3 Å². The molecule has 0 heterocycles. The lowest BCUT2D eigenvalue weighted by molar-refractivity contribution is 0.164. The van der Waals surface area contributed by atoms with Gasteiger partial charge in [-0.1, -0.05) is 38.6 Å². The third-order valence-corrected chi connectivity index (χ3v) is 3.49. The minimum Gasteiger partial charge on any atom is -0.393 e. The molecule has 0 rings (SSSR count). The lowest BCUT2D eigenvalue weighted by Crippen LogP contribution is -2.21. The molecule has 0 aliphatic heterocycles. The second kappa shape index (κ2) is 5.61. The molecule has 0 bridgehead atoms. The van der Waals surface area contributed by atoms with Crippen LogP contribution in [0.15, 0.2) is 12.2 Å². The van der Waals surface area contributed by atoms with Gasteiger partial charge in [0.1, 0.15) is 0 Å². The van der Waals surface area contributed by atoms with Crippen LogP contribution in [0.3, 0.4) is 0 Å². The SMILES string of the molecule is C=C(CC(O)CCC)C[Si](C)(C)C. The highest BCUT2D eigenvalue weighted by atomic mass is 28.3. The largest absolute Gasteiger partial charge is 0.393 e. The van der Waals surface area contributed by atoms with E-state index < -0.39 is 8.07 Å². The first kappa shape index (κ1) is 12.9. The van der Waals surface area contributed by atoms with Gasteiger partial charge in [0.2, 0.25) is 0 Å². The Morgan fingerprint density at radius 2 is 1.92 bits per heavy atom. The Morgan fingerprint density at radius 3 is 2.31 bits per heavy atom. The lowest BCUT2D eigenvalue weighted by atomic mass is 10.1. The summed E-state index contributed by atoms with van der Waals surface area (Å²) in [6, 6.07) is 1.15. The van der Waals surface area contributed by atoms with Gasteiger partial charge in [-0.05, 0) is 18.9 Å². The van der Waals surface area contributed by atoms with Crippen molar-refractivity contribution in [2.45, 2.75) is 58.0 Å². The van der Waals surface area contributed by atoms with Crippen molar-refractivity contribution in [2.75, 3.05) is 0 Å². The minimum absolute atomic E-state index is 0.158. The molecule has 1 nitrogen and oxygen atoms in total. The van der Waals surface area contributed by atoms with Gasteiger partial charge >= 0.3 is 0 Å². The van der Waals surface area contributed by atoms with Gasteiger partial charge in [-0.3, -0.25) is 0 Å². The summed E-state index contributed by atoms with van der Waals surface area (Å²) in [4.78, 5) is 0. The minimum atomic E-state index is -1.02. The summed E-state index contributed by atoms with van der Waals surface area (Å²) in [5, 5.41) is 9.57. The fourth-order valence-corrected chi connectivity index (χ4v) is 3.24. The van der Waals surface area contributed by atoms with Crippen LogP contribution in [0.25, 0.3) is 0 Å². The van der Waals surface area contributed by atoms with Crippen molar-refractivity contribution in [3.8, 4) is 0 Å². The van der Waals surface area contributed by atoms with Gasteiger partial charge < -0.3 is 5.11 Å². The number of aliphatic hydroxyl groups is 1. The molecule has 1 N–H and O–H groups in total. The Labute approximate surface area is 83.9 Å². The van der Waals surface area contributed by atoms with E-state index in [-0.39, 0.29) is 6.10 Å². The third-order valence-electron chi connectivity index (χ3n) is 1.93. The van der Waals surface area contributed by atoms with Gasteiger partial charge in [0.15, 0.2) is 0 Å². The van der Waals surface area contributed by atoms with Gasteiger partial charge in [0.25, 0.3) is 0 Å². The normalized spacial score (nSPS) is 14.2. The van der Waals surface area contributed by atoms with Crippen molar-refractivity contribution < 1.29 is 5.11 Å². The van der Waals surface area contributed by atoms with Crippen LogP contribution in [0.1, 0.15) is 26.2 Å². The molecule has 78 valence electrons. The highest BCUT2D eigenvalue weighted by Gasteiger charge is 2.15. The first-order chi connectivity index (χ1) is 5.85. The molecular formula is C11H24OSi. The van der Waals surface area contributed by atoms with Crippen molar-refractivity contribution in [3.63, 3.8) is 0 Å². The average molecular weight is 200 g/mol. The van der Waals surface area contributed by atoms with Crippen LogP contribution in [0, 0.1) is 0 Å². The fourth-order valence-electron chi connectivity index (χ4n) is 1.59. The van der Waals surface area contributed by atoms with E-state index in [2.05, 4.69) is 33.1 Å². The van der Waals surface area contributed by atoms with Crippen molar-refractivity contribution in [2.24, 2.45) is 0 Å². The molecule has 0 amide bonds. The van der Waals surface area contributed by atoms with E-state index >= 15 is 0 Å². The number of aliphatic hydroxyl groups excluding tert-OH is 1. The molecule has 0 aliphatic carbocycles. The van der Waals surface area contributed by atoms with Gasteiger partial charge in [0.05, 0.1) is 6.10 Å². The van der Waals surface area contributed by atoms with Crippen LogP contribution in [-0.2, 0) is 0 Å². The van der Waals surface area contributed by atoms with E-state index in [1.807, 2.05) is 0 Å². The van der Waals surface area contributed by atoms with Crippen LogP contribution >= 0.6 is 0 Å². The van der Waals surface area contributed by atoms with E-state index in [1.165, 1.54) is 5.57 Å². The summed E-state index contributed by atoms with van der Waals surface area (Å²) < 4.78 is 0. The van der Waals surface area contributed by atoms with E-state index in [0.717, 1.165) is 25.3 Å². The maximum absolute atomic E-state index is 9.57. The van der Waals surface area contributed by atoms with Gasteiger partial charge in [0, 0.05) is 8.07 Å². The Kier molecular flexibility index (Phi) is 5.57. The summed E-state index contributed by atoms with van der Waals surface area (Å²) in [5.74, 6) is 0. The molecule has 0 aromatic heterocycles. The molecule has 0 fully saturated rings. The molecule has 0 radical (unpaired) electrons. The lowest BCUT2D eigenvalue weighted by Gasteiger charge is -2.19. The molecule has 1 atom stereocenters. The maximum atomic E-state index is 9.57. The van der Waals surface area contributed by atoms with Gasteiger partial charge in [-0.15, -0.1) is 6.58 Å². The van der Waals surface area contributed by atoms with Crippen LogP contribution < -0.4 is 0 Å². The molecule has 0 spiro atoms. The first-order valence-electron chi connectivity index (χ1n) is 5.20. The van der Waals surface area contributed by atoms with Crippen LogP contribution in [0.4, 0.5) is 0 Å². The Hall–Kier alpha value is -0.0831. The number of hydrogen-bond donors (Lipinski definition) is 1. The van der Waals surface area contributed by atoms with Crippen LogP contribution in [0.2, 0.25) is 25.7 Å². The zero-order chi connectivity index (χ0) is 10.5. The molecule has 0 aromatic rings. The maximum Gasteiger partial charge on any atom is 0.0577 e. The van der Waals surface area contributed by atoms with E-state index in [9.17, 15) is 5.11 Å². The summed E-state index contributed by atoms with van der Waals surface area (Å²) in [7, 11) is -1.02. The molecule has 13 heavy (non-hydrogen) atoms. The molecule has 0 saturated carbocycles. The highest BCUT2D eigenvalue weighted by Crippen LogP contribution is 2.19. The fraction of sp³-hybridized carbons (Fsp3) is 0.818. The molecule has 1 unspecified atom stereocenters. The summed E-state index contributed by atoms with van der Waals surface area (Å²) in [6.45, 7) is 13.2. The number of hydrogen-bond acceptors (Lipinski definition) is 1. The van der Waals surface area contributed by atoms with Crippen molar-refractivity contribution in [1.29, 1.82) is 0 Å². The van der Waals surface area contributed by atoms with E-state index in [1.54, 1.807) is 0 Å². The Balaban J connectivity index is 3.74. The molecule has 0 aromatic carbocycles. The van der Waals surface area contributed by atoms with Crippen molar-refractivity contribution in [3.05, 3.63) is 12.2 Å². The van der Waals surface area contributed by atoms with E-state index in [4.69, 9.17) is 0 Å². The zero-order valence-electron chi connectivity index (χ0n) is 9.56.